The van der Waals surface area contributed by atoms with Crippen LogP contribution in [0.1, 0.15) is 27.2 Å². The van der Waals surface area contributed by atoms with Crippen molar-refractivity contribution in [1.29, 1.82) is 0 Å². The molecule has 7 heteroatoms. The molecule has 0 radical (unpaired) electrons. The molecule has 0 saturated heterocycles. The van der Waals surface area contributed by atoms with Gasteiger partial charge in [0.2, 0.25) is 5.78 Å². The molecule has 1 atom stereocenters. The zero-order chi connectivity index (χ0) is 21.5. The van der Waals surface area contributed by atoms with Crippen molar-refractivity contribution in [1.82, 2.24) is 9.29 Å². The predicted octanol–water partition coefficient (Wildman–Crippen LogP) is 3.44. The largest absolute Gasteiger partial charge is 0.480 e. The summed E-state index contributed by atoms with van der Waals surface area (Å²) in [5.74, 6) is -1.10. The maximum absolute atomic E-state index is 12.8. The number of carboxylic acids is 1. The van der Waals surface area contributed by atoms with Crippen molar-refractivity contribution >= 4 is 28.8 Å². The molecule has 0 spiro atoms. The smallest absolute Gasteiger partial charge is 0.318 e. The first kappa shape index (κ1) is 21.4. The molecule has 2 N–H and O–H groups in total. The molecule has 30 heavy (non-hydrogen) atoms. The quantitative estimate of drug-likeness (QED) is 0.517. The Bertz CT molecular complexity index is 1100. The molecule has 0 bridgehead atoms. The lowest BCUT2D eigenvalue weighted by atomic mass is 10.1. The number of benzene rings is 2. The molecule has 1 aromatic heterocycles. The summed E-state index contributed by atoms with van der Waals surface area (Å²) in [7, 11) is -1.60. The minimum atomic E-state index is -1.60. The van der Waals surface area contributed by atoms with Crippen LogP contribution in [0.25, 0.3) is 6.08 Å². The van der Waals surface area contributed by atoms with Crippen molar-refractivity contribution in [2.75, 3.05) is 6.54 Å². The third kappa shape index (κ3) is 5.62. The number of aryl methyl sites for hydroxylation is 1. The number of carbonyl (C=O) groups is 2. The highest BCUT2D eigenvalue weighted by molar-refractivity contribution is 7.83. The van der Waals surface area contributed by atoms with Crippen LogP contribution in [-0.4, -0.2) is 32.2 Å². The number of rotatable bonds is 9. The summed E-state index contributed by atoms with van der Waals surface area (Å²) in [6.45, 7) is 2.11. The van der Waals surface area contributed by atoms with Crippen LogP contribution >= 0.6 is 0 Å². The lowest BCUT2D eigenvalue weighted by molar-refractivity contribution is -0.135. The minimum absolute atomic E-state index is 0.0321. The number of hydrogen-bond acceptors (Lipinski definition) is 3. The molecular weight excluding hydrogens is 400 g/mol. The van der Waals surface area contributed by atoms with E-state index in [0.29, 0.717) is 22.7 Å². The highest BCUT2D eigenvalue weighted by Crippen LogP contribution is 2.14. The summed E-state index contributed by atoms with van der Waals surface area (Å²) in [4.78, 5) is 23.9. The van der Waals surface area contributed by atoms with Gasteiger partial charge >= 0.3 is 5.97 Å². The molecular formula is C23H22N2O4S. The number of carbonyl (C=O) groups excluding carboxylic acids is 1. The Morgan fingerprint density at radius 2 is 1.87 bits per heavy atom. The fourth-order valence-corrected chi connectivity index (χ4v) is 3.75. The van der Waals surface area contributed by atoms with Crippen LogP contribution in [0.15, 0.2) is 77.8 Å². The second-order valence-corrected chi connectivity index (χ2v) is 8.00. The summed E-state index contributed by atoms with van der Waals surface area (Å²) in [5, 5.41) is 8.68. The standard InChI is InChI=1S/C23H22N2O4S/c1-17-9-11-19(12-10-17)23(28)21-8-4-14-25(21)13-3-6-18-5-2-7-20(15-18)30(29)24-16-22(26)27/h2-12,14-15,24H,13,16H2,1H3,(H,26,27)/b6-3+. The summed E-state index contributed by atoms with van der Waals surface area (Å²) in [6.07, 6.45) is 5.64. The number of hydrogen-bond donors (Lipinski definition) is 2. The fraction of sp³-hybridized carbons (Fsp3) is 0.130. The van der Waals surface area contributed by atoms with Crippen molar-refractivity contribution in [3.05, 3.63) is 95.3 Å². The number of aromatic nitrogens is 1. The van der Waals surface area contributed by atoms with E-state index in [9.17, 15) is 13.8 Å². The Balaban J connectivity index is 1.68. The van der Waals surface area contributed by atoms with Gasteiger partial charge < -0.3 is 9.67 Å². The monoisotopic (exact) mass is 422 g/mol. The van der Waals surface area contributed by atoms with E-state index in [4.69, 9.17) is 5.11 Å². The minimum Gasteiger partial charge on any atom is -0.480 e. The van der Waals surface area contributed by atoms with Gasteiger partial charge in [-0.3, -0.25) is 9.59 Å². The molecule has 0 aliphatic rings. The average Bonchev–Trinajstić information content (AvgIpc) is 3.20. The highest BCUT2D eigenvalue weighted by atomic mass is 32.2. The highest BCUT2D eigenvalue weighted by Gasteiger charge is 2.12. The van der Waals surface area contributed by atoms with E-state index in [1.54, 1.807) is 24.3 Å². The molecule has 154 valence electrons. The molecule has 6 nitrogen and oxygen atoms in total. The van der Waals surface area contributed by atoms with Gasteiger partial charge in [0, 0.05) is 18.3 Å². The second kappa shape index (κ2) is 9.96. The van der Waals surface area contributed by atoms with Gasteiger partial charge in [0.1, 0.15) is 17.5 Å². The van der Waals surface area contributed by atoms with E-state index in [1.807, 2.05) is 66.2 Å². The summed E-state index contributed by atoms with van der Waals surface area (Å²) >= 11 is 0. The number of aliphatic carboxylic acids is 1. The molecule has 1 heterocycles. The first-order valence-corrected chi connectivity index (χ1v) is 10.5. The van der Waals surface area contributed by atoms with E-state index in [-0.39, 0.29) is 12.3 Å². The van der Waals surface area contributed by atoms with Crippen LogP contribution in [0.3, 0.4) is 0 Å². The van der Waals surface area contributed by atoms with Crippen LogP contribution in [0.5, 0.6) is 0 Å². The van der Waals surface area contributed by atoms with Crippen LogP contribution in [0.4, 0.5) is 0 Å². The van der Waals surface area contributed by atoms with Crippen molar-refractivity contribution in [3.8, 4) is 0 Å². The summed E-state index contributed by atoms with van der Waals surface area (Å²) in [6, 6.07) is 18.2. The van der Waals surface area contributed by atoms with Crippen molar-refractivity contribution in [2.24, 2.45) is 0 Å². The zero-order valence-corrected chi connectivity index (χ0v) is 17.3. The van der Waals surface area contributed by atoms with Gasteiger partial charge in [-0.15, -0.1) is 0 Å². The molecule has 1 unspecified atom stereocenters. The topological polar surface area (TPSA) is 88.4 Å². The van der Waals surface area contributed by atoms with E-state index < -0.39 is 17.0 Å². The molecule has 0 saturated carbocycles. The second-order valence-electron chi connectivity index (χ2n) is 6.70. The molecule has 3 aromatic rings. The van der Waals surface area contributed by atoms with E-state index in [0.717, 1.165) is 11.1 Å². The van der Waals surface area contributed by atoms with E-state index in [2.05, 4.69) is 4.72 Å². The fourth-order valence-electron chi connectivity index (χ4n) is 2.88. The van der Waals surface area contributed by atoms with Crippen molar-refractivity contribution in [3.63, 3.8) is 0 Å². The van der Waals surface area contributed by atoms with Crippen molar-refractivity contribution in [2.45, 2.75) is 18.4 Å². The van der Waals surface area contributed by atoms with E-state index >= 15 is 0 Å². The average molecular weight is 423 g/mol. The molecule has 0 amide bonds. The lowest BCUT2D eigenvalue weighted by Gasteiger charge is -2.07. The van der Waals surface area contributed by atoms with Crippen molar-refractivity contribution < 1.29 is 18.9 Å². The van der Waals surface area contributed by atoms with Crippen LogP contribution < -0.4 is 4.72 Å². The van der Waals surface area contributed by atoms with Gasteiger partial charge in [0.05, 0.1) is 10.6 Å². The number of nitrogens with zero attached hydrogens (tertiary/aromatic N) is 1. The third-order valence-corrected chi connectivity index (χ3v) is 5.50. The van der Waals surface area contributed by atoms with Gasteiger partial charge in [-0.2, -0.15) is 0 Å². The Labute approximate surface area is 177 Å². The molecule has 3 rings (SSSR count). The van der Waals surface area contributed by atoms with Gasteiger partial charge in [0.25, 0.3) is 0 Å². The number of nitrogens with one attached hydrogen (secondary N) is 1. The molecule has 0 fully saturated rings. The van der Waals surface area contributed by atoms with Crippen LogP contribution in [-0.2, 0) is 22.3 Å². The number of allylic oxidation sites excluding steroid dienone is 1. The number of ketones is 1. The zero-order valence-electron chi connectivity index (χ0n) is 16.4. The first-order valence-electron chi connectivity index (χ1n) is 9.34. The summed E-state index contributed by atoms with van der Waals surface area (Å²) < 4.78 is 16.4. The predicted molar refractivity (Wildman–Crippen MR) is 117 cm³/mol. The Kier molecular flexibility index (Phi) is 7.11. The Morgan fingerprint density at radius 3 is 2.60 bits per heavy atom. The van der Waals surface area contributed by atoms with Crippen LogP contribution in [0, 0.1) is 6.92 Å². The first-order chi connectivity index (χ1) is 14.4. The van der Waals surface area contributed by atoms with Gasteiger partial charge in [-0.1, -0.05) is 54.1 Å². The maximum Gasteiger partial charge on any atom is 0.318 e. The Hall–Kier alpha value is -3.29. The normalized spacial score (nSPS) is 12.2. The Morgan fingerprint density at radius 1 is 1.10 bits per heavy atom. The number of carboxylic acid groups (broad SMARTS) is 1. The van der Waals surface area contributed by atoms with Gasteiger partial charge in [-0.05, 0) is 36.8 Å². The lowest BCUT2D eigenvalue weighted by Crippen LogP contribution is -2.24. The van der Waals surface area contributed by atoms with E-state index in [1.165, 1.54) is 0 Å². The summed E-state index contributed by atoms with van der Waals surface area (Å²) in [5.41, 5.74) is 3.19. The SMILES string of the molecule is Cc1ccc(C(=O)c2cccn2C/C=C/c2cccc(S(=O)NCC(=O)O)c2)cc1. The maximum atomic E-state index is 12.8. The molecule has 0 aliphatic carbocycles. The molecule has 0 aliphatic heterocycles. The molecule has 2 aromatic carbocycles. The van der Waals surface area contributed by atoms with Crippen LogP contribution in [0.2, 0.25) is 0 Å². The van der Waals surface area contributed by atoms with Gasteiger partial charge in [0.15, 0.2) is 0 Å². The third-order valence-electron chi connectivity index (χ3n) is 4.41. The van der Waals surface area contributed by atoms with Gasteiger partial charge in [-0.25, -0.2) is 8.93 Å².